The number of anilines is 1. The van der Waals surface area contributed by atoms with Crippen molar-refractivity contribution in [3.63, 3.8) is 0 Å². The summed E-state index contributed by atoms with van der Waals surface area (Å²) in [6.07, 6.45) is 2.08. The van der Waals surface area contributed by atoms with Crippen molar-refractivity contribution in [2.75, 3.05) is 38.3 Å². The van der Waals surface area contributed by atoms with Crippen molar-refractivity contribution in [3.05, 3.63) is 35.5 Å². The summed E-state index contributed by atoms with van der Waals surface area (Å²) >= 11 is 0. The van der Waals surface area contributed by atoms with Crippen LogP contribution in [0.4, 0.5) is 5.82 Å². The Bertz CT molecular complexity index is 745. The van der Waals surface area contributed by atoms with Gasteiger partial charge in [-0.15, -0.1) is 0 Å². The quantitative estimate of drug-likeness (QED) is 0.839. The van der Waals surface area contributed by atoms with Gasteiger partial charge in [-0.2, -0.15) is 5.26 Å². The van der Waals surface area contributed by atoms with Crippen molar-refractivity contribution in [2.45, 2.75) is 25.9 Å². The smallest absolute Gasteiger partial charge is 0.178 e. The Labute approximate surface area is 148 Å². The van der Waals surface area contributed by atoms with Gasteiger partial charge in [0, 0.05) is 25.6 Å². The van der Waals surface area contributed by atoms with Gasteiger partial charge in [0.2, 0.25) is 0 Å². The third-order valence-electron chi connectivity index (χ3n) is 4.93. The van der Waals surface area contributed by atoms with Gasteiger partial charge in [0.15, 0.2) is 5.78 Å². The first-order valence-corrected chi connectivity index (χ1v) is 8.45. The molecular weight excluding hydrogens is 318 g/mol. The third kappa shape index (κ3) is 3.17. The van der Waals surface area contributed by atoms with Crippen LogP contribution in [-0.2, 0) is 19.9 Å². The van der Waals surface area contributed by atoms with E-state index in [1.807, 2.05) is 38.1 Å². The van der Waals surface area contributed by atoms with E-state index in [0.717, 1.165) is 18.9 Å². The molecule has 0 radical (unpaired) electrons. The lowest BCUT2D eigenvalue weighted by Crippen LogP contribution is -2.43. The van der Waals surface area contributed by atoms with E-state index in [2.05, 4.69) is 4.90 Å². The summed E-state index contributed by atoms with van der Waals surface area (Å²) < 4.78 is 11.2. The second kappa shape index (κ2) is 6.58. The molecule has 1 atom stereocenters. The fourth-order valence-corrected chi connectivity index (χ4v) is 3.56. The van der Waals surface area contributed by atoms with E-state index in [-0.39, 0.29) is 11.4 Å². The van der Waals surface area contributed by atoms with Crippen LogP contribution in [0.2, 0.25) is 0 Å². The fourth-order valence-electron chi connectivity index (χ4n) is 3.56. The molecule has 132 valence electrons. The van der Waals surface area contributed by atoms with Crippen molar-refractivity contribution < 1.29 is 14.3 Å². The molecule has 0 saturated carbocycles. The molecule has 0 bridgehead atoms. The molecule has 1 fully saturated rings. The van der Waals surface area contributed by atoms with Gasteiger partial charge in [-0.3, -0.25) is 4.79 Å². The summed E-state index contributed by atoms with van der Waals surface area (Å²) in [5.41, 5.74) is -0.721. The number of carbonyl (C=O) groups is 1. The summed E-state index contributed by atoms with van der Waals surface area (Å²) in [4.78, 5) is 19.4. The maximum Gasteiger partial charge on any atom is 0.178 e. The summed E-state index contributed by atoms with van der Waals surface area (Å²) in [7, 11) is 1.60. The van der Waals surface area contributed by atoms with Gasteiger partial charge in [-0.1, -0.05) is 19.9 Å². The Morgan fingerprint density at radius 2 is 2.04 bits per heavy atom. The van der Waals surface area contributed by atoms with Gasteiger partial charge in [0.05, 0.1) is 24.5 Å². The van der Waals surface area contributed by atoms with E-state index in [1.165, 1.54) is 0 Å². The van der Waals surface area contributed by atoms with Crippen molar-refractivity contribution >= 4 is 11.6 Å². The maximum atomic E-state index is 12.4. The van der Waals surface area contributed by atoms with Crippen LogP contribution in [-0.4, -0.2) is 44.2 Å². The second-order valence-corrected chi connectivity index (χ2v) is 7.13. The first-order valence-electron chi connectivity index (χ1n) is 8.45. The van der Waals surface area contributed by atoms with Gasteiger partial charge in [-0.05, 0) is 24.6 Å². The van der Waals surface area contributed by atoms with E-state index >= 15 is 0 Å². The average Bonchev–Trinajstić information content (AvgIpc) is 2.64. The maximum absolute atomic E-state index is 12.4. The Balaban J connectivity index is 2.05. The largest absolute Gasteiger partial charge is 0.378 e. The molecule has 3 rings (SSSR count). The number of allylic oxidation sites excluding steroid dienone is 1. The van der Waals surface area contributed by atoms with Crippen molar-refractivity contribution in [1.29, 1.82) is 5.26 Å². The number of carbonyl (C=O) groups excluding carboxylic acids is 1. The summed E-state index contributed by atoms with van der Waals surface area (Å²) in [6, 6.07) is 7.82. The molecule has 1 aromatic heterocycles. The minimum atomic E-state index is -0.884. The molecule has 2 heterocycles. The lowest BCUT2D eigenvalue weighted by molar-refractivity contribution is -0.128. The average molecular weight is 341 g/mol. The number of ether oxygens (including phenoxy) is 2. The molecule has 2 aliphatic rings. The number of pyridine rings is 1. The first-order chi connectivity index (χ1) is 11.9. The van der Waals surface area contributed by atoms with E-state index in [4.69, 9.17) is 14.5 Å². The predicted octanol–water partition coefficient (Wildman–Crippen LogP) is 2.21. The van der Waals surface area contributed by atoms with E-state index in [0.29, 0.717) is 25.3 Å². The number of nitriles is 1. The van der Waals surface area contributed by atoms with E-state index in [9.17, 15) is 10.1 Å². The van der Waals surface area contributed by atoms with Crippen LogP contribution in [0.5, 0.6) is 0 Å². The Kier molecular flexibility index (Phi) is 4.63. The molecule has 1 aromatic rings. The minimum absolute atomic E-state index is 0.136. The van der Waals surface area contributed by atoms with Gasteiger partial charge >= 0.3 is 0 Å². The summed E-state index contributed by atoms with van der Waals surface area (Å²) in [5.74, 6) is 0.714. The van der Waals surface area contributed by atoms with Crippen molar-refractivity contribution in [1.82, 2.24) is 4.98 Å². The minimum Gasteiger partial charge on any atom is -0.378 e. The Hall–Kier alpha value is -2.23. The SMILES string of the molecule is COC1(c2cccc(N3CCOCC3)n2)C=C(C#N)C(=O)C(C)(C)C1. The number of morpholine rings is 1. The van der Waals surface area contributed by atoms with Crippen LogP contribution < -0.4 is 4.90 Å². The Morgan fingerprint density at radius 1 is 1.32 bits per heavy atom. The monoisotopic (exact) mass is 341 g/mol. The third-order valence-corrected chi connectivity index (χ3v) is 4.93. The predicted molar refractivity (Wildman–Crippen MR) is 93.1 cm³/mol. The van der Waals surface area contributed by atoms with Crippen molar-refractivity contribution in [3.8, 4) is 6.07 Å². The fraction of sp³-hybridized carbons (Fsp3) is 0.526. The van der Waals surface area contributed by atoms with Crippen LogP contribution in [0.25, 0.3) is 0 Å². The van der Waals surface area contributed by atoms with Crippen LogP contribution >= 0.6 is 0 Å². The zero-order valence-electron chi connectivity index (χ0n) is 14.9. The molecule has 0 N–H and O–H groups in total. The van der Waals surface area contributed by atoms with Crippen LogP contribution in [0.15, 0.2) is 29.8 Å². The van der Waals surface area contributed by atoms with Gasteiger partial charge < -0.3 is 14.4 Å². The molecular formula is C19H23N3O3. The van der Waals surface area contributed by atoms with Gasteiger partial charge in [0.25, 0.3) is 0 Å². The number of aromatic nitrogens is 1. The first kappa shape index (κ1) is 17.6. The zero-order chi connectivity index (χ0) is 18.1. The van der Waals surface area contributed by atoms with Crippen molar-refractivity contribution in [2.24, 2.45) is 5.41 Å². The highest BCUT2D eigenvalue weighted by Crippen LogP contribution is 2.44. The normalized spacial score (nSPS) is 26.1. The molecule has 25 heavy (non-hydrogen) atoms. The number of nitrogens with zero attached hydrogens (tertiary/aromatic N) is 3. The van der Waals surface area contributed by atoms with Crippen LogP contribution in [0.1, 0.15) is 26.0 Å². The molecule has 0 aromatic carbocycles. The lowest BCUT2D eigenvalue weighted by atomic mass is 9.68. The lowest BCUT2D eigenvalue weighted by Gasteiger charge is -2.40. The number of rotatable bonds is 3. The highest BCUT2D eigenvalue weighted by atomic mass is 16.5. The number of methoxy groups -OCH3 is 1. The van der Waals surface area contributed by atoms with E-state index < -0.39 is 11.0 Å². The molecule has 6 nitrogen and oxygen atoms in total. The molecule has 0 amide bonds. The molecule has 1 unspecified atom stereocenters. The number of Topliss-reactive ketones (excluding diaryl/α,β-unsaturated/α-hetero) is 1. The zero-order valence-corrected chi connectivity index (χ0v) is 14.9. The highest BCUT2D eigenvalue weighted by Gasteiger charge is 2.47. The molecule has 0 spiro atoms. The number of ketones is 1. The van der Waals surface area contributed by atoms with Gasteiger partial charge in [-0.25, -0.2) is 4.98 Å². The number of hydrogen-bond donors (Lipinski definition) is 0. The highest BCUT2D eigenvalue weighted by molar-refractivity contribution is 6.03. The van der Waals surface area contributed by atoms with Crippen LogP contribution in [0.3, 0.4) is 0 Å². The van der Waals surface area contributed by atoms with Gasteiger partial charge in [0.1, 0.15) is 17.5 Å². The number of hydrogen-bond acceptors (Lipinski definition) is 6. The van der Waals surface area contributed by atoms with E-state index in [1.54, 1.807) is 13.2 Å². The topological polar surface area (TPSA) is 75.5 Å². The summed E-state index contributed by atoms with van der Waals surface area (Å²) in [5, 5.41) is 9.39. The molecule has 1 aliphatic heterocycles. The second-order valence-electron chi connectivity index (χ2n) is 7.13. The summed E-state index contributed by atoms with van der Waals surface area (Å²) in [6.45, 7) is 6.64. The molecule has 1 saturated heterocycles. The Morgan fingerprint density at radius 3 is 2.68 bits per heavy atom. The molecule has 1 aliphatic carbocycles. The molecule has 6 heteroatoms. The standard InChI is InChI=1S/C19H23N3O3/c1-18(2)13-19(24-3,11-14(12-20)17(18)23)15-5-4-6-16(21-15)22-7-9-25-10-8-22/h4-6,11H,7-10,13H2,1-3H3. The van der Waals surface area contributed by atoms with Crippen LogP contribution in [0, 0.1) is 16.7 Å².